The van der Waals surface area contributed by atoms with Crippen LogP contribution in [0.1, 0.15) is 85.8 Å². The van der Waals surface area contributed by atoms with Crippen LogP contribution in [0.3, 0.4) is 0 Å². The maximum absolute atomic E-state index is 14.2. The molecule has 0 amide bonds. The normalized spacial score (nSPS) is 21.0. The van der Waals surface area contributed by atoms with E-state index in [2.05, 4.69) is 79.6 Å². The highest BCUT2D eigenvalue weighted by molar-refractivity contribution is 7.89. The van der Waals surface area contributed by atoms with Gasteiger partial charge in [0.25, 0.3) is 5.88 Å². The molecule has 44 heavy (non-hydrogen) atoms. The van der Waals surface area contributed by atoms with Crippen LogP contribution in [-0.4, -0.2) is 45.1 Å². The lowest BCUT2D eigenvalue weighted by Crippen LogP contribution is -2.53. The van der Waals surface area contributed by atoms with Gasteiger partial charge in [0.2, 0.25) is 4.90 Å². The molecule has 1 saturated carbocycles. The Morgan fingerprint density at radius 1 is 1.14 bits per heavy atom. The monoisotopic (exact) mass is 616 g/mol. The Bertz CT molecular complexity index is 1530. The van der Waals surface area contributed by atoms with Crippen molar-refractivity contribution in [2.24, 2.45) is 11.3 Å². The van der Waals surface area contributed by atoms with Gasteiger partial charge in [0.1, 0.15) is 5.60 Å². The van der Waals surface area contributed by atoms with Crippen LogP contribution < -0.4 is 26.6 Å². The van der Waals surface area contributed by atoms with Gasteiger partial charge in [-0.15, -0.1) is 4.31 Å². The van der Waals surface area contributed by atoms with Gasteiger partial charge in [-0.3, -0.25) is 0 Å². The number of hydrazine groups is 1. The number of nitrogens with two attached hydrogens (primary N) is 2. The fraction of sp³-hybridized carbons (Fsp3) is 0.514. The lowest BCUT2D eigenvalue weighted by atomic mass is 9.71. The van der Waals surface area contributed by atoms with E-state index in [1.54, 1.807) is 6.20 Å². The summed E-state index contributed by atoms with van der Waals surface area (Å²) >= 11 is -1.41. The molecule has 6 rings (SSSR count). The van der Waals surface area contributed by atoms with Crippen molar-refractivity contribution in [2.45, 2.75) is 96.2 Å². The number of anilines is 2. The Morgan fingerprint density at radius 2 is 1.86 bits per heavy atom. The molecule has 2 atom stereocenters. The molecule has 0 bridgehead atoms. The van der Waals surface area contributed by atoms with Crippen molar-refractivity contribution in [3.8, 4) is 5.88 Å². The minimum atomic E-state index is -1.41. The highest BCUT2D eigenvalue weighted by Gasteiger charge is 2.45. The Labute approximate surface area is 265 Å². The van der Waals surface area contributed by atoms with Crippen LogP contribution in [0.2, 0.25) is 0 Å². The first-order chi connectivity index (χ1) is 20.9. The quantitative estimate of drug-likeness (QED) is 0.141. The number of aryl methyl sites for hydroxylation is 2. The van der Waals surface area contributed by atoms with Crippen LogP contribution in [0.5, 0.6) is 5.88 Å². The maximum atomic E-state index is 14.2. The largest absolute Gasteiger partial charge is 0.593 e. The average Bonchev–Trinajstić information content (AvgIpc) is 3.83. The third-order valence-electron chi connectivity index (χ3n) is 9.65. The molecule has 1 aromatic heterocycles. The number of hydrogen-bond donors (Lipinski definition) is 3. The van der Waals surface area contributed by atoms with Crippen molar-refractivity contribution in [1.29, 1.82) is 0 Å². The second kappa shape index (κ2) is 11.8. The van der Waals surface area contributed by atoms with Gasteiger partial charge in [-0.1, -0.05) is 45.0 Å². The van der Waals surface area contributed by atoms with Gasteiger partial charge in [0.15, 0.2) is 0 Å². The first-order valence-corrected chi connectivity index (χ1v) is 17.0. The molecule has 5 N–H and O–H groups in total. The van der Waals surface area contributed by atoms with E-state index in [4.69, 9.17) is 16.3 Å². The molecule has 9 heteroatoms. The molecule has 1 saturated heterocycles. The summed E-state index contributed by atoms with van der Waals surface area (Å²) in [5.41, 5.74) is 14.8. The van der Waals surface area contributed by atoms with E-state index in [1.165, 1.54) is 22.3 Å². The predicted molar refractivity (Wildman–Crippen MR) is 179 cm³/mol. The summed E-state index contributed by atoms with van der Waals surface area (Å²) in [5.74, 6) is 7.05. The summed E-state index contributed by atoms with van der Waals surface area (Å²) in [6, 6.07) is 13.4. The van der Waals surface area contributed by atoms with Crippen molar-refractivity contribution in [3.05, 3.63) is 76.0 Å². The number of fused-ring (bicyclic) bond motifs is 1. The second-order valence-corrected chi connectivity index (χ2v) is 15.7. The summed E-state index contributed by atoms with van der Waals surface area (Å²) in [7, 11) is 0. The highest BCUT2D eigenvalue weighted by Crippen LogP contribution is 2.46. The maximum Gasteiger partial charge on any atom is 0.273 e. The third kappa shape index (κ3) is 6.05. The molecule has 0 radical (unpaired) electrons. The SMILES string of the molecule is Cc1cnc2c(c1)[S+]([O-])N(Cc1cc(C(c3ccc(N(N)C4CC4)c(N)c3C)C(C)(C)C)ccc1C)CC1(CCNCC1)O2. The van der Waals surface area contributed by atoms with Crippen molar-refractivity contribution in [3.63, 3.8) is 0 Å². The van der Waals surface area contributed by atoms with Gasteiger partial charge in [0.05, 0.1) is 35.8 Å². The van der Waals surface area contributed by atoms with E-state index in [-0.39, 0.29) is 11.3 Å². The van der Waals surface area contributed by atoms with Crippen LogP contribution in [-0.2, 0) is 17.9 Å². The van der Waals surface area contributed by atoms with Gasteiger partial charge >= 0.3 is 0 Å². The Balaban J connectivity index is 1.37. The van der Waals surface area contributed by atoms with E-state index >= 15 is 0 Å². The molecular weight excluding hydrogens is 568 g/mol. The van der Waals surface area contributed by atoms with E-state index in [1.807, 2.05) is 18.0 Å². The zero-order valence-electron chi connectivity index (χ0n) is 27.1. The molecule has 3 aromatic rings. The Kier molecular flexibility index (Phi) is 8.39. The first-order valence-electron chi connectivity index (χ1n) is 15.9. The first kappa shape index (κ1) is 31.2. The molecule has 3 aliphatic rings. The summed E-state index contributed by atoms with van der Waals surface area (Å²) in [5, 5.41) is 5.30. The number of nitrogens with zero attached hydrogens (tertiary/aromatic N) is 3. The summed E-state index contributed by atoms with van der Waals surface area (Å²) in [4.78, 5) is 5.26. The predicted octanol–water partition coefficient (Wildman–Crippen LogP) is 5.65. The van der Waals surface area contributed by atoms with Crippen molar-refractivity contribution in [1.82, 2.24) is 14.6 Å². The lowest BCUT2D eigenvalue weighted by Gasteiger charge is -2.38. The number of pyridine rings is 1. The zero-order valence-corrected chi connectivity index (χ0v) is 27.9. The number of benzene rings is 2. The Morgan fingerprint density at radius 3 is 2.55 bits per heavy atom. The number of nitrogens with one attached hydrogen (secondary N) is 1. The molecule has 1 spiro atoms. The Hall–Kier alpha value is -2.82. The number of piperidine rings is 1. The minimum Gasteiger partial charge on any atom is -0.593 e. The zero-order chi connectivity index (χ0) is 31.4. The van der Waals surface area contributed by atoms with Gasteiger partial charge < -0.3 is 25.3 Å². The lowest BCUT2D eigenvalue weighted by molar-refractivity contribution is 0.0171. The average molecular weight is 617 g/mol. The van der Waals surface area contributed by atoms with Crippen molar-refractivity contribution in [2.75, 3.05) is 30.4 Å². The van der Waals surface area contributed by atoms with E-state index in [0.717, 1.165) is 61.3 Å². The van der Waals surface area contributed by atoms with Crippen LogP contribution in [0, 0.1) is 26.2 Å². The van der Waals surface area contributed by atoms with Crippen molar-refractivity contribution < 1.29 is 9.29 Å². The van der Waals surface area contributed by atoms with Crippen LogP contribution in [0.4, 0.5) is 11.4 Å². The van der Waals surface area contributed by atoms with E-state index < -0.39 is 17.0 Å². The summed E-state index contributed by atoms with van der Waals surface area (Å²) in [6.45, 7) is 16.0. The van der Waals surface area contributed by atoms with Gasteiger partial charge in [-0.25, -0.2) is 10.8 Å². The molecule has 236 valence electrons. The molecule has 2 aliphatic heterocycles. The summed E-state index contributed by atoms with van der Waals surface area (Å²) < 4.78 is 23.0. The smallest absolute Gasteiger partial charge is 0.273 e. The molecular formula is C35H48N6O2S. The second-order valence-electron chi connectivity index (χ2n) is 14.2. The number of hydrogen-bond acceptors (Lipinski definition) is 8. The van der Waals surface area contributed by atoms with Crippen molar-refractivity contribution >= 4 is 22.7 Å². The standard InChI is InChI=1S/C35H48N6O2S/c1-22-17-30-33(39-19-22)43-35(13-15-38-16-14-35)21-40(44(30)42)20-26-18-25(8-7-23(26)2)31(34(4,5)6)28-11-12-29(32(36)24(28)3)41(37)27-9-10-27/h7-8,11-12,17-19,27,31,38H,9-10,13-16,20-21,36-37H2,1-6H3. The van der Waals surface area contributed by atoms with Gasteiger partial charge in [-0.05, 0) is 91.6 Å². The number of ether oxygens (including phenoxy) is 1. The number of aromatic nitrogens is 1. The van der Waals surface area contributed by atoms with E-state index in [0.29, 0.717) is 29.9 Å². The van der Waals surface area contributed by atoms with Crippen LogP contribution >= 0.6 is 0 Å². The molecule has 2 unspecified atom stereocenters. The topological polar surface area (TPSA) is 116 Å². The van der Waals surface area contributed by atoms with Crippen LogP contribution in [0.25, 0.3) is 0 Å². The number of rotatable bonds is 6. The van der Waals surface area contributed by atoms with E-state index in [9.17, 15) is 4.55 Å². The summed E-state index contributed by atoms with van der Waals surface area (Å²) in [6.07, 6.45) is 5.72. The van der Waals surface area contributed by atoms with Gasteiger partial charge in [0, 0.05) is 37.1 Å². The minimum absolute atomic E-state index is 0.0787. The fourth-order valence-electron chi connectivity index (χ4n) is 6.94. The molecule has 8 nitrogen and oxygen atoms in total. The molecule has 2 fully saturated rings. The molecule has 1 aliphatic carbocycles. The fourth-order valence-corrected chi connectivity index (χ4v) is 8.36. The highest BCUT2D eigenvalue weighted by atomic mass is 32.2. The number of nitrogen functional groups attached to an aromatic ring is 1. The third-order valence-corrected chi connectivity index (χ3v) is 11.0. The molecule has 2 aromatic carbocycles. The molecule has 3 heterocycles. The van der Waals surface area contributed by atoms with Gasteiger partial charge in [-0.2, -0.15) is 0 Å². The van der Waals surface area contributed by atoms with Crippen LogP contribution in [0.15, 0.2) is 47.5 Å².